The van der Waals surface area contributed by atoms with Crippen LogP contribution in [0.25, 0.3) is 0 Å². The van der Waals surface area contributed by atoms with Crippen molar-refractivity contribution in [2.24, 2.45) is 0 Å². The molecule has 340 valence electrons. The smallest absolute Gasteiger partial charge is 0.306 e. The largest absolute Gasteiger partial charge is 0.544 e. The minimum Gasteiger partial charge on any atom is -0.544 e. The van der Waals surface area contributed by atoms with E-state index in [2.05, 4.69) is 74.6 Å². The third-order valence-electron chi connectivity index (χ3n) is 10.4. The summed E-state index contributed by atoms with van der Waals surface area (Å²) in [5.74, 6) is -1.82. The molecule has 2 atom stereocenters. The Morgan fingerprint density at radius 2 is 0.915 bits per heavy atom. The van der Waals surface area contributed by atoms with E-state index < -0.39 is 18.1 Å². The number of quaternary nitrogens is 1. The lowest BCUT2D eigenvalue weighted by atomic mass is 10.1. The fourth-order valence-corrected chi connectivity index (χ4v) is 6.65. The molecule has 0 bridgehead atoms. The molecule has 59 heavy (non-hydrogen) atoms. The molecule has 0 aromatic carbocycles. The lowest BCUT2D eigenvalue weighted by Gasteiger charge is -2.34. The van der Waals surface area contributed by atoms with E-state index in [1.165, 1.54) is 96.3 Å². The predicted octanol–water partition coefficient (Wildman–Crippen LogP) is 12.0. The minimum absolute atomic E-state index is 0.0186. The van der Waals surface area contributed by atoms with Gasteiger partial charge in [0.1, 0.15) is 12.6 Å². The Morgan fingerprint density at radius 1 is 0.508 bits per heavy atom. The fraction of sp³-hybridized carbons (Fsp3) is 0.745. The Hall–Kier alpha value is -2.97. The summed E-state index contributed by atoms with van der Waals surface area (Å²) in [6.07, 6.45) is 51.1. The Balaban J connectivity index is 4.41. The van der Waals surface area contributed by atoms with Crippen LogP contribution in [-0.4, -0.2) is 75.5 Å². The maximum atomic E-state index is 12.7. The van der Waals surface area contributed by atoms with Crippen LogP contribution in [0.3, 0.4) is 0 Å². The molecular formula is C51H89NO7. The van der Waals surface area contributed by atoms with Gasteiger partial charge in [0.25, 0.3) is 0 Å². The van der Waals surface area contributed by atoms with Crippen LogP contribution in [0.2, 0.25) is 0 Å². The molecule has 0 heterocycles. The number of nitrogens with zero attached hydrogens (tertiary/aromatic N) is 1. The number of hydrogen-bond acceptors (Lipinski definition) is 7. The predicted molar refractivity (Wildman–Crippen MR) is 245 cm³/mol. The molecule has 2 unspecified atom stereocenters. The first-order chi connectivity index (χ1) is 28.6. The molecule has 0 N–H and O–H groups in total. The van der Waals surface area contributed by atoms with Crippen LogP contribution in [0.4, 0.5) is 0 Å². The zero-order chi connectivity index (χ0) is 43.5. The van der Waals surface area contributed by atoms with Crippen molar-refractivity contribution in [2.45, 2.75) is 206 Å². The second kappa shape index (κ2) is 41.8. The van der Waals surface area contributed by atoms with Crippen LogP contribution < -0.4 is 5.11 Å². The van der Waals surface area contributed by atoms with E-state index in [-0.39, 0.29) is 49.1 Å². The van der Waals surface area contributed by atoms with Crippen molar-refractivity contribution in [2.75, 3.05) is 41.0 Å². The quantitative estimate of drug-likeness (QED) is 0.0261. The summed E-state index contributed by atoms with van der Waals surface area (Å²) in [4.78, 5) is 36.9. The molecule has 0 amide bonds. The van der Waals surface area contributed by atoms with Crippen molar-refractivity contribution in [3.05, 3.63) is 60.8 Å². The van der Waals surface area contributed by atoms with E-state index in [0.717, 1.165) is 57.8 Å². The van der Waals surface area contributed by atoms with Gasteiger partial charge in [-0.3, -0.25) is 9.59 Å². The highest BCUT2D eigenvalue weighted by atomic mass is 16.6. The number of allylic oxidation sites excluding steroid dienone is 10. The van der Waals surface area contributed by atoms with Gasteiger partial charge < -0.3 is 28.6 Å². The Bertz CT molecular complexity index is 1150. The number of aliphatic carboxylic acids is 1. The molecule has 8 heteroatoms. The second-order valence-corrected chi connectivity index (χ2v) is 17.0. The van der Waals surface area contributed by atoms with Gasteiger partial charge in [-0.1, -0.05) is 158 Å². The first-order valence-electron chi connectivity index (χ1n) is 23.8. The number of carbonyl (C=O) groups is 3. The summed E-state index contributed by atoms with van der Waals surface area (Å²) >= 11 is 0. The molecule has 0 saturated heterocycles. The number of likely N-dealkylation sites (N-methyl/N-ethyl adjacent to an activating group) is 1. The van der Waals surface area contributed by atoms with Gasteiger partial charge in [-0.25, -0.2) is 0 Å². The number of carbonyl (C=O) groups excluding carboxylic acids is 3. The molecule has 8 nitrogen and oxygen atoms in total. The normalized spacial score (nSPS) is 13.4. The molecular weight excluding hydrogens is 739 g/mol. The topological polar surface area (TPSA) is 102 Å². The van der Waals surface area contributed by atoms with Gasteiger partial charge in [-0.05, 0) is 77.0 Å². The van der Waals surface area contributed by atoms with Crippen molar-refractivity contribution in [1.29, 1.82) is 0 Å². The van der Waals surface area contributed by atoms with Crippen LogP contribution in [0, 0.1) is 0 Å². The van der Waals surface area contributed by atoms with E-state index >= 15 is 0 Å². The molecule has 0 fully saturated rings. The number of esters is 2. The lowest BCUT2D eigenvalue weighted by molar-refractivity contribution is -0.889. The summed E-state index contributed by atoms with van der Waals surface area (Å²) in [6.45, 7) is 4.57. The Morgan fingerprint density at radius 3 is 1.42 bits per heavy atom. The third kappa shape index (κ3) is 40.2. The van der Waals surface area contributed by atoms with Crippen molar-refractivity contribution >= 4 is 17.9 Å². The van der Waals surface area contributed by atoms with Crippen LogP contribution in [-0.2, 0) is 28.6 Å². The van der Waals surface area contributed by atoms with E-state index in [9.17, 15) is 19.5 Å². The molecule has 0 spiro atoms. The summed E-state index contributed by atoms with van der Waals surface area (Å²) in [5.41, 5.74) is 0. The van der Waals surface area contributed by atoms with Gasteiger partial charge in [0.15, 0.2) is 6.10 Å². The van der Waals surface area contributed by atoms with E-state index in [1.54, 1.807) is 21.1 Å². The van der Waals surface area contributed by atoms with Gasteiger partial charge >= 0.3 is 11.9 Å². The van der Waals surface area contributed by atoms with Crippen molar-refractivity contribution in [3.63, 3.8) is 0 Å². The van der Waals surface area contributed by atoms with Crippen LogP contribution >= 0.6 is 0 Å². The van der Waals surface area contributed by atoms with Gasteiger partial charge in [-0.2, -0.15) is 0 Å². The molecule has 0 aromatic rings. The second-order valence-electron chi connectivity index (χ2n) is 17.0. The molecule has 0 aliphatic rings. The number of rotatable bonds is 42. The lowest BCUT2D eigenvalue weighted by Crippen LogP contribution is -2.55. The van der Waals surface area contributed by atoms with E-state index in [0.29, 0.717) is 12.8 Å². The first-order valence-corrected chi connectivity index (χ1v) is 23.8. The van der Waals surface area contributed by atoms with E-state index in [1.807, 2.05) is 0 Å². The van der Waals surface area contributed by atoms with Gasteiger partial charge in [0, 0.05) is 19.3 Å². The summed E-state index contributed by atoms with van der Waals surface area (Å²) < 4.78 is 17.1. The third-order valence-corrected chi connectivity index (χ3v) is 10.4. The van der Waals surface area contributed by atoms with E-state index in [4.69, 9.17) is 14.2 Å². The molecule has 0 aromatic heterocycles. The van der Waals surface area contributed by atoms with Crippen molar-refractivity contribution in [3.8, 4) is 0 Å². The van der Waals surface area contributed by atoms with Crippen LogP contribution in [0.15, 0.2) is 60.8 Å². The maximum Gasteiger partial charge on any atom is 0.306 e. The van der Waals surface area contributed by atoms with Crippen LogP contribution in [0.1, 0.15) is 194 Å². The monoisotopic (exact) mass is 828 g/mol. The van der Waals surface area contributed by atoms with Crippen molar-refractivity contribution < 1.29 is 38.2 Å². The highest BCUT2D eigenvalue weighted by Crippen LogP contribution is 2.13. The summed E-state index contributed by atoms with van der Waals surface area (Å²) in [7, 11) is 5.39. The average Bonchev–Trinajstić information content (AvgIpc) is 3.19. The first kappa shape index (κ1) is 56.0. The van der Waals surface area contributed by atoms with Gasteiger partial charge in [0.2, 0.25) is 0 Å². The van der Waals surface area contributed by atoms with Crippen molar-refractivity contribution in [1.82, 2.24) is 0 Å². The highest BCUT2D eigenvalue weighted by Gasteiger charge is 2.25. The molecule has 0 rings (SSSR count). The fourth-order valence-electron chi connectivity index (χ4n) is 6.65. The number of carboxylic acids is 1. The van der Waals surface area contributed by atoms with Crippen LogP contribution in [0.5, 0.6) is 0 Å². The number of hydrogen-bond donors (Lipinski definition) is 0. The Labute approximate surface area is 362 Å². The molecule has 0 saturated carbocycles. The zero-order valence-corrected chi connectivity index (χ0v) is 38.7. The molecule has 0 radical (unpaired) electrons. The highest BCUT2D eigenvalue weighted by molar-refractivity contribution is 5.70. The molecule has 0 aliphatic carbocycles. The number of ether oxygens (including phenoxy) is 3. The number of unbranched alkanes of at least 4 members (excludes halogenated alkanes) is 18. The maximum absolute atomic E-state index is 12.7. The summed E-state index contributed by atoms with van der Waals surface area (Å²) in [5, 5.41) is 11.6. The minimum atomic E-state index is -1.13. The SMILES string of the molecule is CCCCC/C=C/C/C=C/C/C=C/C/C=C/CCCC(=O)OCC(COCCC(C(=O)[O-])[N+](C)(C)C)OC(=O)CCCCCCC/C=C/CCCCCCCCCCC. The number of carboxylic acid groups (broad SMARTS) is 1. The summed E-state index contributed by atoms with van der Waals surface area (Å²) in [6, 6.07) is -0.737. The zero-order valence-electron chi connectivity index (χ0n) is 38.7. The average molecular weight is 828 g/mol. The standard InChI is InChI=1S/C51H89NO7/c1-6-8-10-12-14-16-18-20-22-24-26-28-30-32-34-36-38-40-42-50(54)59-47(45-57-44-43-48(51(55)56)52(3,4)5)46-58-49(53)41-39-37-35-33-31-29-27-25-23-21-19-17-15-13-11-9-7-2/h15,17,21,23,26-29,33,35,47-48H,6-14,16,18-20,22,24-25,30-32,34,36-46H2,1-5H3/b17-15+,23-21+,28-26+,29-27+,35-33+. The van der Waals surface area contributed by atoms with Gasteiger partial charge in [-0.15, -0.1) is 0 Å². The molecule has 0 aliphatic heterocycles. The van der Waals surface area contributed by atoms with Gasteiger partial charge in [0.05, 0.1) is 40.3 Å². The Kier molecular flexibility index (Phi) is 39.6.